The first-order valence-electron chi connectivity index (χ1n) is 9.12. The number of aliphatic imine (C=N–C) groups is 1. The van der Waals surface area contributed by atoms with Crippen LogP contribution in [-0.4, -0.2) is 51.6 Å². The summed E-state index contributed by atoms with van der Waals surface area (Å²) >= 11 is 0. The second-order valence-electron chi connectivity index (χ2n) is 6.63. The van der Waals surface area contributed by atoms with Crippen LogP contribution in [0, 0.1) is 0 Å². The largest absolute Gasteiger partial charge is 0.493 e. The standard InChI is InChI=1S/C19H29N3O3/c1-20-19(22-17-12-16-7-8-18(17)25-16)21-13-14-5-3-6-15(11-14)24-10-4-9-23-2/h3,5-6,11,16-18H,4,7-10,12-13H2,1-2H3,(H2,20,21,22). The summed E-state index contributed by atoms with van der Waals surface area (Å²) < 4.78 is 16.7. The molecule has 138 valence electrons. The zero-order valence-electron chi connectivity index (χ0n) is 15.2. The minimum atomic E-state index is 0.340. The number of rotatable bonds is 8. The highest BCUT2D eigenvalue weighted by atomic mass is 16.5. The lowest BCUT2D eigenvalue weighted by Crippen LogP contribution is -2.47. The molecule has 25 heavy (non-hydrogen) atoms. The summed E-state index contributed by atoms with van der Waals surface area (Å²) in [6.07, 6.45) is 5.10. The zero-order chi connectivity index (χ0) is 17.5. The Morgan fingerprint density at radius 1 is 1.32 bits per heavy atom. The molecule has 2 aliphatic heterocycles. The third kappa shape index (κ3) is 5.09. The van der Waals surface area contributed by atoms with Gasteiger partial charge in [-0.2, -0.15) is 0 Å². The van der Waals surface area contributed by atoms with Crippen LogP contribution in [0.2, 0.25) is 0 Å². The number of methoxy groups -OCH3 is 1. The first-order valence-corrected chi connectivity index (χ1v) is 9.12. The van der Waals surface area contributed by atoms with E-state index in [2.05, 4.69) is 27.8 Å². The van der Waals surface area contributed by atoms with Crippen LogP contribution in [0.4, 0.5) is 0 Å². The summed E-state index contributed by atoms with van der Waals surface area (Å²) in [6.45, 7) is 2.09. The summed E-state index contributed by atoms with van der Waals surface area (Å²) in [6, 6.07) is 8.52. The Bertz CT molecular complexity index is 579. The predicted octanol–water partition coefficient (Wildman–Crippen LogP) is 2.09. The fourth-order valence-corrected chi connectivity index (χ4v) is 3.48. The molecule has 2 heterocycles. The maximum atomic E-state index is 5.89. The highest BCUT2D eigenvalue weighted by molar-refractivity contribution is 5.80. The minimum Gasteiger partial charge on any atom is -0.493 e. The summed E-state index contributed by atoms with van der Waals surface area (Å²) in [5.74, 6) is 1.72. The highest BCUT2D eigenvalue weighted by Crippen LogP contribution is 2.34. The van der Waals surface area contributed by atoms with E-state index >= 15 is 0 Å². The molecule has 0 saturated carbocycles. The molecule has 3 rings (SSSR count). The van der Waals surface area contributed by atoms with E-state index in [4.69, 9.17) is 14.2 Å². The Kier molecular flexibility index (Phi) is 6.53. The van der Waals surface area contributed by atoms with Gasteiger partial charge in [-0.05, 0) is 37.0 Å². The molecule has 0 aromatic heterocycles. The predicted molar refractivity (Wildman–Crippen MR) is 98.1 cm³/mol. The topological polar surface area (TPSA) is 64.1 Å². The number of nitrogens with zero attached hydrogens (tertiary/aromatic N) is 1. The molecule has 0 radical (unpaired) electrons. The Morgan fingerprint density at radius 2 is 2.24 bits per heavy atom. The van der Waals surface area contributed by atoms with Gasteiger partial charge in [-0.25, -0.2) is 0 Å². The van der Waals surface area contributed by atoms with Crippen LogP contribution in [0.3, 0.4) is 0 Å². The van der Waals surface area contributed by atoms with Crippen molar-refractivity contribution in [1.29, 1.82) is 0 Å². The Hall–Kier alpha value is -1.79. The van der Waals surface area contributed by atoms with Crippen molar-refractivity contribution in [3.05, 3.63) is 29.8 Å². The van der Waals surface area contributed by atoms with Gasteiger partial charge in [-0.1, -0.05) is 12.1 Å². The molecule has 2 N–H and O–H groups in total. The SMILES string of the molecule is CN=C(NCc1cccc(OCCCOC)c1)NC1CC2CCC1O2. The van der Waals surface area contributed by atoms with Gasteiger partial charge in [-0.15, -0.1) is 0 Å². The van der Waals surface area contributed by atoms with E-state index in [0.717, 1.165) is 43.1 Å². The van der Waals surface area contributed by atoms with Gasteiger partial charge < -0.3 is 24.8 Å². The molecule has 0 spiro atoms. The van der Waals surface area contributed by atoms with E-state index in [1.165, 1.54) is 6.42 Å². The second-order valence-corrected chi connectivity index (χ2v) is 6.63. The average molecular weight is 347 g/mol. The van der Waals surface area contributed by atoms with Crippen molar-refractivity contribution < 1.29 is 14.2 Å². The van der Waals surface area contributed by atoms with Gasteiger partial charge in [0, 0.05) is 33.7 Å². The number of fused-ring (bicyclic) bond motifs is 2. The summed E-state index contributed by atoms with van der Waals surface area (Å²) in [5.41, 5.74) is 1.16. The number of benzene rings is 1. The van der Waals surface area contributed by atoms with E-state index in [1.807, 2.05) is 12.1 Å². The van der Waals surface area contributed by atoms with Gasteiger partial charge in [0.2, 0.25) is 0 Å². The van der Waals surface area contributed by atoms with Crippen molar-refractivity contribution in [3.63, 3.8) is 0 Å². The van der Waals surface area contributed by atoms with Crippen molar-refractivity contribution in [2.24, 2.45) is 4.99 Å². The molecule has 1 aromatic carbocycles. The Morgan fingerprint density at radius 3 is 2.96 bits per heavy atom. The van der Waals surface area contributed by atoms with Gasteiger partial charge in [0.25, 0.3) is 0 Å². The van der Waals surface area contributed by atoms with Gasteiger partial charge in [0.1, 0.15) is 5.75 Å². The number of hydrogen-bond acceptors (Lipinski definition) is 4. The molecular weight excluding hydrogens is 318 g/mol. The molecule has 2 bridgehead atoms. The molecule has 2 fully saturated rings. The normalized spacial score (nSPS) is 25.2. The monoisotopic (exact) mass is 347 g/mol. The van der Waals surface area contributed by atoms with Crippen molar-refractivity contribution in [2.45, 2.75) is 50.5 Å². The number of hydrogen-bond donors (Lipinski definition) is 2. The van der Waals surface area contributed by atoms with E-state index in [0.29, 0.717) is 31.4 Å². The summed E-state index contributed by atoms with van der Waals surface area (Å²) in [4.78, 5) is 4.34. The third-order valence-electron chi connectivity index (χ3n) is 4.77. The summed E-state index contributed by atoms with van der Waals surface area (Å²) in [5, 5.41) is 6.88. The smallest absolute Gasteiger partial charge is 0.191 e. The molecule has 1 aromatic rings. The van der Waals surface area contributed by atoms with E-state index in [1.54, 1.807) is 14.2 Å². The maximum Gasteiger partial charge on any atom is 0.191 e. The Labute approximate surface area is 149 Å². The van der Waals surface area contributed by atoms with Crippen molar-refractivity contribution in [3.8, 4) is 5.75 Å². The van der Waals surface area contributed by atoms with Gasteiger partial charge >= 0.3 is 0 Å². The first kappa shape index (κ1) is 18.0. The minimum absolute atomic E-state index is 0.340. The van der Waals surface area contributed by atoms with Crippen LogP contribution in [0.25, 0.3) is 0 Å². The number of ether oxygens (including phenoxy) is 3. The first-order chi connectivity index (χ1) is 12.3. The van der Waals surface area contributed by atoms with Crippen LogP contribution in [0.1, 0.15) is 31.2 Å². The molecule has 2 aliphatic rings. The van der Waals surface area contributed by atoms with Gasteiger partial charge in [0.15, 0.2) is 5.96 Å². The average Bonchev–Trinajstić information content (AvgIpc) is 3.25. The van der Waals surface area contributed by atoms with E-state index in [-0.39, 0.29) is 0 Å². The van der Waals surface area contributed by atoms with E-state index in [9.17, 15) is 0 Å². The molecule has 0 aliphatic carbocycles. The fraction of sp³-hybridized carbons (Fsp3) is 0.632. The lowest BCUT2D eigenvalue weighted by molar-refractivity contribution is 0.0992. The molecule has 2 saturated heterocycles. The fourth-order valence-electron chi connectivity index (χ4n) is 3.48. The van der Waals surface area contributed by atoms with Crippen LogP contribution >= 0.6 is 0 Å². The zero-order valence-corrected chi connectivity index (χ0v) is 15.2. The van der Waals surface area contributed by atoms with Crippen molar-refractivity contribution >= 4 is 5.96 Å². The lowest BCUT2D eigenvalue weighted by atomic mass is 9.96. The third-order valence-corrected chi connectivity index (χ3v) is 4.77. The van der Waals surface area contributed by atoms with E-state index < -0.39 is 0 Å². The molecule has 3 unspecified atom stereocenters. The van der Waals surface area contributed by atoms with Crippen LogP contribution in [0.5, 0.6) is 5.75 Å². The quantitative estimate of drug-likeness (QED) is 0.428. The molecular formula is C19H29N3O3. The molecule has 6 nitrogen and oxygen atoms in total. The molecule has 0 amide bonds. The van der Waals surface area contributed by atoms with Crippen molar-refractivity contribution in [1.82, 2.24) is 10.6 Å². The van der Waals surface area contributed by atoms with Crippen LogP contribution < -0.4 is 15.4 Å². The lowest BCUT2D eigenvalue weighted by Gasteiger charge is -2.22. The van der Waals surface area contributed by atoms with Gasteiger partial charge in [0.05, 0.1) is 24.9 Å². The van der Waals surface area contributed by atoms with Crippen molar-refractivity contribution in [2.75, 3.05) is 27.4 Å². The molecule has 6 heteroatoms. The number of guanidine groups is 1. The summed E-state index contributed by atoms with van der Waals surface area (Å²) in [7, 11) is 3.51. The van der Waals surface area contributed by atoms with Crippen LogP contribution in [-0.2, 0) is 16.0 Å². The Balaban J connectivity index is 1.45. The second kappa shape index (κ2) is 9.06. The van der Waals surface area contributed by atoms with Crippen LogP contribution in [0.15, 0.2) is 29.3 Å². The highest BCUT2D eigenvalue weighted by Gasteiger charge is 2.41. The molecule has 3 atom stereocenters. The maximum absolute atomic E-state index is 5.89. The number of nitrogens with one attached hydrogen (secondary N) is 2. The van der Waals surface area contributed by atoms with Gasteiger partial charge in [-0.3, -0.25) is 4.99 Å².